The van der Waals surface area contributed by atoms with Crippen LogP contribution in [0.15, 0.2) is 46.9 Å². The van der Waals surface area contributed by atoms with Crippen LogP contribution in [0.3, 0.4) is 0 Å². The highest BCUT2D eigenvalue weighted by Gasteiger charge is 2.34. The molecule has 1 aromatic heterocycles. The van der Waals surface area contributed by atoms with Gasteiger partial charge in [-0.3, -0.25) is 4.79 Å². The van der Waals surface area contributed by atoms with Gasteiger partial charge in [0.2, 0.25) is 5.91 Å². The number of aromatic hydroxyl groups is 1. The highest BCUT2D eigenvalue weighted by molar-refractivity contribution is 9.10. The van der Waals surface area contributed by atoms with Crippen LogP contribution in [0.4, 0.5) is 0 Å². The zero-order valence-corrected chi connectivity index (χ0v) is 16.9. The fraction of sp³-hybridized carbons (Fsp3) is 0.286. The second-order valence-corrected chi connectivity index (χ2v) is 7.86. The highest BCUT2D eigenvalue weighted by atomic mass is 79.9. The number of nitrogens with one attached hydrogen (secondary N) is 2. The summed E-state index contributed by atoms with van der Waals surface area (Å²) in [5, 5.41) is 23.1. The number of carbonyl (C=O) groups excluding carboxylic acids is 1. The fourth-order valence-corrected chi connectivity index (χ4v) is 4.31. The van der Waals surface area contributed by atoms with Crippen LogP contribution in [-0.4, -0.2) is 52.2 Å². The highest BCUT2D eigenvalue weighted by Crippen LogP contribution is 2.39. The molecular formula is C21H22BrN3O3. The number of hydrogen-bond donors (Lipinski definition) is 4. The van der Waals surface area contributed by atoms with Gasteiger partial charge in [-0.2, -0.15) is 0 Å². The van der Waals surface area contributed by atoms with Gasteiger partial charge in [0, 0.05) is 34.2 Å². The number of halogens is 1. The maximum Gasteiger partial charge on any atom is 0.237 e. The van der Waals surface area contributed by atoms with Crippen molar-refractivity contribution in [1.29, 1.82) is 0 Å². The number of aromatic nitrogens is 1. The molecule has 1 amide bonds. The Morgan fingerprint density at radius 2 is 2.14 bits per heavy atom. The molecule has 4 N–H and O–H groups in total. The number of benzene rings is 2. The quantitative estimate of drug-likeness (QED) is 0.456. The monoisotopic (exact) mass is 443 g/mol. The van der Waals surface area contributed by atoms with Gasteiger partial charge in [-0.05, 0) is 47.9 Å². The topological polar surface area (TPSA) is 88.6 Å². The number of carbonyl (C=O) groups is 1. The van der Waals surface area contributed by atoms with Gasteiger partial charge >= 0.3 is 0 Å². The summed E-state index contributed by atoms with van der Waals surface area (Å²) in [5.41, 5.74) is 4.09. The van der Waals surface area contributed by atoms with Crippen molar-refractivity contribution >= 4 is 32.7 Å². The molecule has 1 unspecified atom stereocenters. The molecule has 0 bridgehead atoms. The number of H-pyrrole nitrogens is 1. The number of rotatable bonds is 5. The first-order valence-electron chi connectivity index (χ1n) is 9.28. The Kier molecular flexibility index (Phi) is 5.39. The average Bonchev–Trinajstić information content (AvgIpc) is 3.05. The van der Waals surface area contributed by atoms with Gasteiger partial charge in [0.25, 0.3) is 0 Å². The van der Waals surface area contributed by atoms with Crippen LogP contribution in [0.5, 0.6) is 5.75 Å². The van der Waals surface area contributed by atoms with E-state index in [2.05, 4.69) is 32.3 Å². The Balaban J connectivity index is 1.79. The number of aromatic amines is 1. The third-order valence-corrected chi connectivity index (χ3v) is 5.65. The normalized spacial score (nSPS) is 16.4. The van der Waals surface area contributed by atoms with E-state index in [0.29, 0.717) is 13.1 Å². The predicted molar refractivity (Wildman–Crippen MR) is 111 cm³/mol. The number of fused-ring (bicyclic) bond motifs is 3. The lowest BCUT2D eigenvalue weighted by Gasteiger charge is -2.36. The molecular weight excluding hydrogens is 422 g/mol. The van der Waals surface area contributed by atoms with E-state index < -0.39 is 0 Å². The number of hydrogen-bond acceptors (Lipinski definition) is 4. The van der Waals surface area contributed by atoms with Gasteiger partial charge in [-0.25, -0.2) is 0 Å². The zero-order valence-electron chi connectivity index (χ0n) is 15.3. The summed E-state index contributed by atoms with van der Waals surface area (Å²) in [6, 6.07) is 12.9. The van der Waals surface area contributed by atoms with Crippen LogP contribution in [0.1, 0.15) is 22.9 Å². The minimum absolute atomic E-state index is 0.00961. The summed E-state index contributed by atoms with van der Waals surface area (Å²) in [6.45, 7) is 1.12. The van der Waals surface area contributed by atoms with Crippen molar-refractivity contribution in [3.8, 4) is 5.75 Å². The van der Waals surface area contributed by atoms with E-state index in [-0.39, 0.29) is 30.9 Å². The molecule has 6 nitrogen and oxygen atoms in total. The lowest BCUT2D eigenvalue weighted by atomic mass is 9.92. The average molecular weight is 444 g/mol. The number of aliphatic hydroxyl groups excluding tert-OH is 1. The Morgan fingerprint density at radius 1 is 1.29 bits per heavy atom. The number of phenolic OH excluding ortho intramolecular Hbond substituents is 1. The molecule has 4 rings (SSSR count). The minimum Gasteiger partial charge on any atom is -0.508 e. The van der Waals surface area contributed by atoms with E-state index in [1.807, 2.05) is 23.1 Å². The molecule has 146 valence electrons. The third-order valence-electron chi connectivity index (χ3n) is 5.16. The zero-order chi connectivity index (χ0) is 19.7. The van der Waals surface area contributed by atoms with Crippen molar-refractivity contribution < 1.29 is 15.0 Å². The molecule has 28 heavy (non-hydrogen) atoms. The maximum absolute atomic E-state index is 12.9. The van der Waals surface area contributed by atoms with E-state index in [0.717, 1.165) is 33.1 Å². The van der Waals surface area contributed by atoms with E-state index in [9.17, 15) is 9.90 Å². The molecule has 0 aliphatic carbocycles. The second-order valence-electron chi connectivity index (χ2n) is 6.94. The van der Waals surface area contributed by atoms with Gasteiger partial charge in [-0.15, -0.1) is 0 Å². The number of aliphatic hydroxyl groups is 1. The van der Waals surface area contributed by atoms with Crippen LogP contribution in [0.25, 0.3) is 10.9 Å². The largest absolute Gasteiger partial charge is 0.508 e. The van der Waals surface area contributed by atoms with E-state index in [1.165, 1.54) is 5.56 Å². The van der Waals surface area contributed by atoms with Crippen LogP contribution in [0.2, 0.25) is 0 Å². The lowest BCUT2D eigenvalue weighted by molar-refractivity contribution is -0.132. The summed E-state index contributed by atoms with van der Waals surface area (Å²) in [6.07, 6.45) is 0.757. The van der Waals surface area contributed by atoms with E-state index >= 15 is 0 Å². The molecule has 0 spiro atoms. The van der Waals surface area contributed by atoms with Crippen molar-refractivity contribution in [3.63, 3.8) is 0 Å². The fourth-order valence-electron chi connectivity index (χ4n) is 3.95. The summed E-state index contributed by atoms with van der Waals surface area (Å²) < 4.78 is 1.02. The molecule has 1 aliphatic heterocycles. The van der Waals surface area contributed by atoms with Crippen molar-refractivity contribution in [2.75, 3.05) is 26.2 Å². The van der Waals surface area contributed by atoms with E-state index in [4.69, 9.17) is 5.11 Å². The first-order valence-corrected chi connectivity index (χ1v) is 10.1. The smallest absolute Gasteiger partial charge is 0.237 e. The van der Waals surface area contributed by atoms with Crippen molar-refractivity contribution in [2.45, 2.75) is 12.5 Å². The van der Waals surface area contributed by atoms with Gasteiger partial charge in [0.05, 0.1) is 19.2 Å². The third kappa shape index (κ3) is 3.53. The summed E-state index contributed by atoms with van der Waals surface area (Å²) in [5.74, 6) is 0.140. The first-order chi connectivity index (χ1) is 13.6. The van der Waals surface area contributed by atoms with Crippen LogP contribution in [0, 0.1) is 0 Å². The van der Waals surface area contributed by atoms with Crippen molar-refractivity contribution in [2.24, 2.45) is 0 Å². The van der Waals surface area contributed by atoms with Gasteiger partial charge in [0.15, 0.2) is 0 Å². The molecule has 2 heterocycles. The van der Waals surface area contributed by atoms with Crippen molar-refractivity contribution in [1.82, 2.24) is 15.2 Å². The first kappa shape index (κ1) is 19.0. The number of nitrogens with zero attached hydrogens (tertiary/aromatic N) is 1. The molecule has 7 heteroatoms. The SMILES string of the molecule is O=C(CNCCO)N1CCc2c([nH]c3ccc(Br)cc23)C1c1cccc(O)c1. The molecule has 0 saturated heterocycles. The Bertz CT molecular complexity index is 1020. The molecule has 3 aromatic rings. The second kappa shape index (κ2) is 7.95. The summed E-state index contributed by atoms with van der Waals surface area (Å²) in [7, 11) is 0. The summed E-state index contributed by atoms with van der Waals surface area (Å²) >= 11 is 3.54. The van der Waals surface area contributed by atoms with Crippen LogP contribution >= 0.6 is 15.9 Å². The maximum atomic E-state index is 12.9. The predicted octanol–water partition coefficient (Wildman–Crippen LogP) is 2.69. The molecule has 1 aliphatic rings. The van der Waals surface area contributed by atoms with Gasteiger partial charge in [-0.1, -0.05) is 28.1 Å². The molecule has 1 atom stereocenters. The Labute approximate surface area is 171 Å². The molecule has 0 radical (unpaired) electrons. The van der Waals surface area contributed by atoms with Crippen LogP contribution < -0.4 is 5.32 Å². The molecule has 0 fully saturated rings. The number of phenols is 1. The summed E-state index contributed by atoms with van der Waals surface area (Å²) in [4.78, 5) is 18.3. The molecule has 2 aromatic carbocycles. The Hall–Kier alpha value is -2.35. The minimum atomic E-state index is -0.301. The standard InChI is InChI=1S/C21H22BrN3O3/c22-14-4-5-18-17(11-14)16-6-8-25(19(28)12-23-7-9-26)21(20(16)24-18)13-2-1-3-15(27)10-13/h1-5,10-11,21,23-24,26-27H,6-9,12H2. The van der Waals surface area contributed by atoms with Gasteiger partial charge in [0.1, 0.15) is 5.75 Å². The lowest BCUT2D eigenvalue weighted by Crippen LogP contribution is -2.45. The Morgan fingerprint density at radius 3 is 2.93 bits per heavy atom. The van der Waals surface area contributed by atoms with E-state index in [1.54, 1.807) is 18.2 Å². The van der Waals surface area contributed by atoms with Crippen molar-refractivity contribution in [3.05, 3.63) is 63.8 Å². The van der Waals surface area contributed by atoms with Gasteiger partial charge < -0.3 is 25.4 Å². The molecule has 0 saturated carbocycles. The van der Waals surface area contributed by atoms with Crippen LogP contribution in [-0.2, 0) is 11.2 Å². The number of amides is 1.